The molecule has 0 spiro atoms. The molecule has 1 aliphatic rings. The molecule has 7 nitrogen and oxygen atoms in total. The van der Waals surface area contributed by atoms with Gasteiger partial charge in [0.15, 0.2) is 0 Å². The molecule has 0 fully saturated rings. The van der Waals surface area contributed by atoms with Crippen molar-refractivity contribution in [1.29, 1.82) is 0 Å². The van der Waals surface area contributed by atoms with E-state index in [-0.39, 0.29) is 22.0 Å². The summed E-state index contributed by atoms with van der Waals surface area (Å²) < 4.78 is 9.70. The lowest BCUT2D eigenvalue weighted by atomic mass is 10.2. The minimum Gasteiger partial charge on any atom is -0.495 e. The van der Waals surface area contributed by atoms with Crippen LogP contribution in [0, 0.1) is 0 Å². The Morgan fingerprint density at radius 1 is 1.00 bits per heavy atom. The van der Waals surface area contributed by atoms with Crippen molar-refractivity contribution in [2.75, 3.05) is 24.4 Å². The molecule has 0 unspecified atom stereocenters. The quantitative estimate of drug-likeness (QED) is 0.587. The number of methoxy groups -OCH3 is 2. The number of imide groups is 1. The Kier molecular flexibility index (Phi) is 5.58. The molecule has 0 bridgehead atoms. The molecule has 1 heterocycles. The van der Waals surface area contributed by atoms with Gasteiger partial charge in [0, 0.05) is 5.69 Å². The molecular formula is C19H14Cl2N2O5. The Bertz CT molecular complexity index is 1000. The maximum atomic E-state index is 12.8. The SMILES string of the molecule is COC(=O)c1ccc(N2C(=O)C(Cl)=C(Nc3ccc(OC)c(Cl)c3)C2=O)cc1. The fourth-order valence-corrected chi connectivity index (χ4v) is 3.07. The van der Waals surface area contributed by atoms with E-state index in [9.17, 15) is 14.4 Å². The lowest BCUT2D eigenvalue weighted by molar-refractivity contribution is -0.120. The molecule has 3 rings (SSSR count). The Hall–Kier alpha value is -3.03. The van der Waals surface area contributed by atoms with E-state index in [1.807, 2.05) is 0 Å². The largest absolute Gasteiger partial charge is 0.495 e. The first-order valence-electron chi connectivity index (χ1n) is 7.95. The molecule has 28 heavy (non-hydrogen) atoms. The minimum atomic E-state index is -0.681. The highest BCUT2D eigenvalue weighted by Gasteiger charge is 2.39. The van der Waals surface area contributed by atoms with Crippen LogP contribution in [-0.4, -0.2) is 32.0 Å². The normalized spacial score (nSPS) is 13.8. The van der Waals surface area contributed by atoms with Crippen molar-refractivity contribution >= 4 is 52.4 Å². The third-order valence-corrected chi connectivity index (χ3v) is 4.64. The van der Waals surface area contributed by atoms with E-state index in [2.05, 4.69) is 10.1 Å². The zero-order chi connectivity index (χ0) is 20.4. The average molecular weight is 421 g/mol. The van der Waals surface area contributed by atoms with E-state index in [0.29, 0.717) is 16.5 Å². The van der Waals surface area contributed by atoms with Crippen LogP contribution in [0.15, 0.2) is 53.2 Å². The van der Waals surface area contributed by atoms with Crippen LogP contribution in [0.3, 0.4) is 0 Å². The number of hydrogen-bond donors (Lipinski definition) is 1. The van der Waals surface area contributed by atoms with E-state index in [1.54, 1.807) is 18.2 Å². The van der Waals surface area contributed by atoms with E-state index < -0.39 is 17.8 Å². The van der Waals surface area contributed by atoms with Crippen LogP contribution in [-0.2, 0) is 14.3 Å². The van der Waals surface area contributed by atoms with Crippen LogP contribution in [0.1, 0.15) is 10.4 Å². The van der Waals surface area contributed by atoms with Gasteiger partial charge in [-0.1, -0.05) is 23.2 Å². The number of rotatable bonds is 5. The number of esters is 1. The first kappa shape index (κ1) is 19.7. The van der Waals surface area contributed by atoms with Crippen LogP contribution < -0.4 is 15.0 Å². The Balaban J connectivity index is 1.85. The van der Waals surface area contributed by atoms with Gasteiger partial charge in [-0.3, -0.25) is 9.59 Å². The summed E-state index contributed by atoms with van der Waals surface area (Å²) in [6.07, 6.45) is 0. The predicted octanol–water partition coefficient (Wildman–Crippen LogP) is 3.57. The van der Waals surface area contributed by atoms with Crippen LogP contribution in [0.5, 0.6) is 5.75 Å². The molecule has 0 saturated heterocycles. The summed E-state index contributed by atoms with van der Waals surface area (Å²) in [5.74, 6) is -1.37. The smallest absolute Gasteiger partial charge is 0.337 e. The number of halogens is 2. The number of ether oxygens (including phenoxy) is 2. The summed E-state index contributed by atoms with van der Waals surface area (Å²) in [4.78, 5) is 37.7. The Labute approximate surface area is 170 Å². The van der Waals surface area contributed by atoms with Crippen molar-refractivity contribution in [1.82, 2.24) is 0 Å². The molecule has 2 amide bonds. The summed E-state index contributed by atoms with van der Waals surface area (Å²) in [6.45, 7) is 0. The van der Waals surface area contributed by atoms with Gasteiger partial charge in [-0.2, -0.15) is 0 Å². The highest BCUT2D eigenvalue weighted by molar-refractivity contribution is 6.53. The summed E-state index contributed by atoms with van der Waals surface area (Å²) in [5.41, 5.74) is 0.939. The van der Waals surface area contributed by atoms with Gasteiger partial charge in [0.25, 0.3) is 11.8 Å². The number of nitrogens with zero attached hydrogens (tertiary/aromatic N) is 1. The van der Waals surface area contributed by atoms with Gasteiger partial charge in [-0.25, -0.2) is 9.69 Å². The van der Waals surface area contributed by atoms with Crippen molar-refractivity contribution in [3.63, 3.8) is 0 Å². The van der Waals surface area contributed by atoms with Crippen LogP contribution in [0.2, 0.25) is 5.02 Å². The monoisotopic (exact) mass is 420 g/mol. The van der Waals surface area contributed by atoms with Gasteiger partial charge in [-0.15, -0.1) is 0 Å². The maximum absolute atomic E-state index is 12.8. The predicted molar refractivity (Wildman–Crippen MR) is 105 cm³/mol. The van der Waals surface area contributed by atoms with E-state index in [4.69, 9.17) is 27.9 Å². The molecule has 0 aliphatic carbocycles. The van der Waals surface area contributed by atoms with Gasteiger partial charge in [0.2, 0.25) is 0 Å². The zero-order valence-corrected chi connectivity index (χ0v) is 16.3. The fraction of sp³-hybridized carbons (Fsp3) is 0.105. The van der Waals surface area contributed by atoms with Gasteiger partial charge in [0.05, 0.1) is 30.5 Å². The van der Waals surface area contributed by atoms with Crippen molar-refractivity contribution in [3.8, 4) is 5.75 Å². The average Bonchev–Trinajstić information content (AvgIpc) is 2.91. The molecule has 1 N–H and O–H groups in total. The van der Waals surface area contributed by atoms with Crippen LogP contribution in [0.25, 0.3) is 0 Å². The molecular weight excluding hydrogens is 407 g/mol. The summed E-state index contributed by atoms with van der Waals surface area (Å²) >= 11 is 12.2. The number of carbonyl (C=O) groups excluding carboxylic acids is 3. The zero-order valence-electron chi connectivity index (χ0n) is 14.8. The molecule has 1 aliphatic heterocycles. The number of hydrogen-bond acceptors (Lipinski definition) is 6. The molecule has 0 aromatic heterocycles. The van der Waals surface area contributed by atoms with Crippen molar-refractivity contribution < 1.29 is 23.9 Å². The number of anilines is 2. The highest BCUT2D eigenvalue weighted by atomic mass is 35.5. The molecule has 0 saturated carbocycles. The molecule has 9 heteroatoms. The van der Waals surface area contributed by atoms with Gasteiger partial charge in [0.1, 0.15) is 16.5 Å². The first-order valence-corrected chi connectivity index (χ1v) is 8.70. The first-order chi connectivity index (χ1) is 13.4. The second-order valence-corrected chi connectivity index (χ2v) is 6.43. The molecule has 0 radical (unpaired) electrons. The standard InChI is InChI=1S/C19H14Cl2N2O5/c1-27-14-8-5-11(9-13(14)20)22-16-15(21)17(24)23(18(16)25)12-6-3-10(4-7-12)19(26)28-2/h3-9,22H,1-2H3. The van der Waals surface area contributed by atoms with Crippen molar-refractivity contribution in [3.05, 3.63) is 63.8 Å². The van der Waals surface area contributed by atoms with Crippen molar-refractivity contribution in [2.45, 2.75) is 0 Å². The summed E-state index contributed by atoms with van der Waals surface area (Å²) in [5, 5.41) is 2.90. The number of nitrogens with one attached hydrogen (secondary N) is 1. The number of amides is 2. The second kappa shape index (κ2) is 7.92. The summed E-state index contributed by atoms with van der Waals surface area (Å²) in [7, 11) is 2.74. The molecule has 2 aromatic rings. The van der Waals surface area contributed by atoms with Crippen LogP contribution in [0.4, 0.5) is 11.4 Å². The number of carbonyl (C=O) groups is 3. The lowest BCUT2D eigenvalue weighted by Gasteiger charge is -2.15. The molecule has 2 aromatic carbocycles. The van der Waals surface area contributed by atoms with Crippen LogP contribution >= 0.6 is 23.2 Å². The third kappa shape index (κ3) is 3.54. The number of benzene rings is 2. The fourth-order valence-electron chi connectivity index (χ4n) is 2.60. The Morgan fingerprint density at radius 2 is 1.68 bits per heavy atom. The topological polar surface area (TPSA) is 84.9 Å². The van der Waals surface area contributed by atoms with Gasteiger partial charge >= 0.3 is 5.97 Å². The van der Waals surface area contributed by atoms with E-state index >= 15 is 0 Å². The molecule has 0 atom stereocenters. The third-order valence-electron chi connectivity index (χ3n) is 4.00. The van der Waals surface area contributed by atoms with E-state index in [1.165, 1.54) is 38.5 Å². The highest BCUT2D eigenvalue weighted by Crippen LogP contribution is 2.32. The van der Waals surface area contributed by atoms with Crippen molar-refractivity contribution in [2.24, 2.45) is 0 Å². The lowest BCUT2D eigenvalue weighted by Crippen LogP contribution is -2.32. The Morgan fingerprint density at radius 3 is 2.25 bits per heavy atom. The van der Waals surface area contributed by atoms with Gasteiger partial charge < -0.3 is 14.8 Å². The van der Waals surface area contributed by atoms with E-state index in [0.717, 1.165) is 4.90 Å². The summed E-state index contributed by atoms with van der Waals surface area (Å²) in [6, 6.07) is 10.6. The second-order valence-electron chi connectivity index (χ2n) is 5.65. The molecule has 144 valence electrons. The minimum absolute atomic E-state index is 0.0788. The maximum Gasteiger partial charge on any atom is 0.337 e. The van der Waals surface area contributed by atoms with Gasteiger partial charge in [-0.05, 0) is 42.5 Å².